The highest BCUT2D eigenvalue weighted by atomic mass is 79.9. The van der Waals surface area contributed by atoms with Gasteiger partial charge in [-0.25, -0.2) is 8.42 Å². The predicted molar refractivity (Wildman–Crippen MR) is 86.1 cm³/mol. The van der Waals surface area contributed by atoms with Crippen LogP contribution in [0, 0.1) is 11.3 Å². The predicted octanol–water partition coefficient (Wildman–Crippen LogP) is 4.43. The number of rotatable bonds is 3. The van der Waals surface area contributed by atoms with Crippen LogP contribution in [-0.2, 0) is 10.0 Å². The van der Waals surface area contributed by atoms with E-state index in [-0.39, 0.29) is 26.2 Å². The van der Waals surface area contributed by atoms with Crippen molar-refractivity contribution in [2.24, 2.45) is 0 Å². The van der Waals surface area contributed by atoms with Crippen molar-refractivity contribution in [3.63, 3.8) is 0 Å². The molecule has 2 rings (SSSR count). The topological polar surface area (TPSA) is 70.0 Å². The van der Waals surface area contributed by atoms with Gasteiger partial charge in [0.2, 0.25) is 0 Å². The third-order valence-corrected chi connectivity index (χ3v) is 5.18. The molecular weight excluding hydrogens is 399 g/mol. The fraction of sp³-hybridized carbons (Fsp3) is 0. The number of hydrogen-bond acceptors (Lipinski definition) is 3. The Kier molecular flexibility index (Phi) is 4.79. The van der Waals surface area contributed by atoms with Crippen LogP contribution in [0.1, 0.15) is 5.56 Å². The third kappa shape index (κ3) is 3.69. The standard InChI is InChI=1S/C13H7BrCl2N2O2S/c14-9-2-4-12(11(16)6-9)18-21(19,20)13-5-8(7-17)1-3-10(13)15/h1-6,18H. The van der Waals surface area contributed by atoms with Crippen LogP contribution < -0.4 is 4.72 Å². The first kappa shape index (κ1) is 16.1. The van der Waals surface area contributed by atoms with E-state index in [0.717, 1.165) is 4.47 Å². The van der Waals surface area contributed by atoms with Gasteiger partial charge in [0.1, 0.15) is 4.90 Å². The normalized spacial score (nSPS) is 11.0. The fourth-order valence-corrected chi connectivity index (χ4v) is 3.93. The van der Waals surface area contributed by atoms with E-state index in [9.17, 15) is 8.42 Å². The first-order chi connectivity index (χ1) is 9.83. The monoisotopic (exact) mass is 404 g/mol. The number of nitrogens with one attached hydrogen (secondary N) is 1. The molecule has 0 heterocycles. The van der Waals surface area contributed by atoms with Crippen molar-refractivity contribution in [3.8, 4) is 6.07 Å². The highest BCUT2D eigenvalue weighted by Gasteiger charge is 2.20. The summed E-state index contributed by atoms with van der Waals surface area (Å²) in [7, 11) is -3.94. The molecule has 0 atom stereocenters. The molecule has 1 N–H and O–H groups in total. The Labute approximate surface area is 140 Å². The summed E-state index contributed by atoms with van der Waals surface area (Å²) in [6, 6.07) is 10.6. The molecule has 4 nitrogen and oxygen atoms in total. The lowest BCUT2D eigenvalue weighted by atomic mass is 10.2. The van der Waals surface area contributed by atoms with Crippen molar-refractivity contribution in [1.29, 1.82) is 5.26 Å². The lowest BCUT2D eigenvalue weighted by molar-refractivity contribution is 0.601. The molecule has 2 aromatic rings. The molecule has 0 aliphatic carbocycles. The number of benzene rings is 2. The number of anilines is 1. The van der Waals surface area contributed by atoms with Crippen LogP contribution in [0.4, 0.5) is 5.69 Å². The van der Waals surface area contributed by atoms with Gasteiger partial charge in [-0.1, -0.05) is 39.1 Å². The average Bonchev–Trinajstić information content (AvgIpc) is 2.42. The van der Waals surface area contributed by atoms with Gasteiger partial charge in [0.05, 0.1) is 27.4 Å². The number of halogens is 3. The molecule has 21 heavy (non-hydrogen) atoms. The molecule has 0 saturated carbocycles. The van der Waals surface area contributed by atoms with Gasteiger partial charge in [-0.2, -0.15) is 5.26 Å². The van der Waals surface area contributed by atoms with Crippen LogP contribution >= 0.6 is 39.1 Å². The maximum absolute atomic E-state index is 12.4. The Morgan fingerprint density at radius 3 is 2.43 bits per heavy atom. The summed E-state index contributed by atoms with van der Waals surface area (Å²) in [4.78, 5) is -0.179. The largest absolute Gasteiger partial charge is 0.278 e. The van der Waals surface area contributed by atoms with Gasteiger partial charge in [0.15, 0.2) is 0 Å². The van der Waals surface area contributed by atoms with Crippen LogP contribution in [0.25, 0.3) is 0 Å². The molecule has 0 bridgehead atoms. The van der Waals surface area contributed by atoms with E-state index in [1.165, 1.54) is 24.3 Å². The Balaban J connectivity index is 2.46. The summed E-state index contributed by atoms with van der Waals surface area (Å²) in [6.07, 6.45) is 0. The molecule has 108 valence electrons. The number of hydrogen-bond donors (Lipinski definition) is 1. The molecular formula is C13H7BrCl2N2O2S. The van der Waals surface area contributed by atoms with Gasteiger partial charge in [-0.15, -0.1) is 0 Å². The molecule has 0 fully saturated rings. The lowest BCUT2D eigenvalue weighted by Gasteiger charge is -2.11. The second-order valence-electron chi connectivity index (χ2n) is 3.99. The lowest BCUT2D eigenvalue weighted by Crippen LogP contribution is -2.14. The molecule has 0 spiro atoms. The van der Waals surface area contributed by atoms with Crippen LogP contribution in [0.2, 0.25) is 10.0 Å². The zero-order valence-corrected chi connectivity index (χ0v) is 14.2. The van der Waals surface area contributed by atoms with E-state index in [1.54, 1.807) is 12.1 Å². The van der Waals surface area contributed by atoms with Crippen molar-refractivity contribution in [2.45, 2.75) is 4.90 Å². The Morgan fingerprint density at radius 1 is 1.10 bits per heavy atom. The second kappa shape index (κ2) is 6.24. The first-order valence-electron chi connectivity index (χ1n) is 5.51. The van der Waals surface area contributed by atoms with E-state index in [2.05, 4.69) is 20.7 Å². The maximum atomic E-state index is 12.4. The Morgan fingerprint density at radius 2 is 1.81 bits per heavy atom. The number of sulfonamides is 1. The van der Waals surface area contributed by atoms with E-state index in [1.807, 2.05) is 6.07 Å². The van der Waals surface area contributed by atoms with Crippen molar-refractivity contribution >= 4 is 54.8 Å². The van der Waals surface area contributed by atoms with E-state index >= 15 is 0 Å². The fourth-order valence-electron chi connectivity index (χ4n) is 1.55. The number of nitrogens with zero attached hydrogens (tertiary/aromatic N) is 1. The summed E-state index contributed by atoms with van der Waals surface area (Å²) < 4.78 is 27.8. The van der Waals surface area contributed by atoms with Crippen molar-refractivity contribution in [3.05, 3.63) is 56.5 Å². The highest BCUT2D eigenvalue weighted by molar-refractivity contribution is 9.10. The minimum absolute atomic E-state index is 0.0229. The minimum atomic E-state index is -3.94. The summed E-state index contributed by atoms with van der Waals surface area (Å²) in [5.74, 6) is 0. The van der Waals surface area contributed by atoms with E-state index in [0.29, 0.717) is 0 Å². The van der Waals surface area contributed by atoms with Crippen molar-refractivity contribution in [1.82, 2.24) is 0 Å². The second-order valence-corrected chi connectivity index (χ2v) is 7.37. The van der Waals surface area contributed by atoms with Crippen molar-refractivity contribution < 1.29 is 8.42 Å². The summed E-state index contributed by atoms with van der Waals surface area (Å²) in [6.45, 7) is 0. The maximum Gasteiger partial charge on any atom is 0.263 e. The minimum Gasteiger partial charge on any atom is -0.278 e. The van der Waals surface area contributed by atoms with Crippen LogP contribution in [0.3, 0.4) is 0 Å². The summed E-state index contributed by atoms with van der Waals surface area (Å²) in [5.41, 5.74) is 0.417. The van der Waals surface area contributed by atoms with Crippen LogP contribution in [0.15, 0.2) is 45.8 Å². The summed E-state index contributed by atoms with van der Waals surface area (Å²) >= 11 is 15.1. The quantitative estimate of drug-likeness (QED) is 0.820. The smallest absolute Gasteiger partial charge is 0.263 e. The van der Waals surface area contributed by atoms with Gasteiger partial charge in [-0.05, 0) is 36.4 Å². The summed E-state index contributed by atoms with van der Waals surface area (Å²) in [5, 5.41) is 9.11. The van der Waals surface area contributed by atoms with E-state index in [4.69, 9.17) is 28.5 Å². The van der Waals surface area contributed by atoms with Gasteiger partial charge >= 0.3 is 0 Å². The molecule has 2 aromatic carbocycles. The van der Waals surface area contributed by atoms with Gasteiger partial charge in [-0.3, -0.25) is 4.72 Å². The zero-order chi connectivity index (χ0) is 15.6. The molecule has 0 saturated heterocycles. The van der Waals surface area contributed by atoms with Crippen molar-refractivity contribution in [2.75, 3.05) is 4.72 Å². The molecule has 0 aliphatic rings. The van der Waals surface area contributed by atoms with Crippen LogP contribution in [0.5, 0.6) is 0 Å². The molecule has 0 amide bonds. The SMILES string of the molecule is N#Cc1ccc(Cl)c(S(=O)(=O)Nc2ccc(Br)cc2Cl)c1. The average molecular weight is 406 g/mol. The van der Waals surface area contributed by atoms with Gasteiger partial charge < -0.3 is 0 Å². The zero-order valence-electron chi connectivity index (χ0n) is 10.3. The molecule has 0 aromatic heterocycles. The molecule has 0 radical (unpaired) electrons. The van der Waals surface area contributed by atoms with Gasteiger partial charge in [0.25, 0.3) is 10.0 Å². The molecule has 8 heteroatoms. The third-order valence-electron chi connectivity index (χ3n) is 2.53. The number of nitriles is 1. The van der Waals surface area contributed by atoms with E-state index < -0.39 is 10.0 Å². The van der Waals surface area contributed by atoms with Gasteiger partial charge in [0, 0.05) is 4.47 Å². The molecule has 0 aliphatic heterocycles. The Hall–Kier alpha value is -1.26. The first-order valence-corrected chi connectivity index (χ1v) is 8.54. The van der Waals surface area contributed by atoms with Crippen LogP contribution in [-0.4, -0.2) is 8.42 Å². The Bertz CT molecular complexity index is 848. The molecule has 0 unspecified atom stereocenters. The highest BCUT2D eigenvalue weighted by Crippen LogP contribution is 2.30.